The van der Waals surface area contributed by atoms with E-state index in [2.05, 4.69) is 11.8 Å². The minimum absolute atomic E-state index is 0.192. The lowest BCUT2D eigenvalue weighted by atomic mass is 9.93. The van der Waals surface area contributed by atoms with Crippen LogP contribution in [-0.4, -0.2) is 18.4 Å². The lowest BCUT2D eigenvalue weighted by Crippen LogP contribution is -2.37. The third-order valence-electron chi connectivity index (χ3n) is 4.01. The fourth-order valence-electron chi connectivity index (χ4n) is 3.12. The molecule has 2 rings (SSSR count). The minimum atomic E-state index is -0.403. The molecule has 0 heterocycles. The molecule has 2 nitrogen and oxygen atoms in total. The summed E-state index contributed by atoms with van der Waals surface area (Å²) in [4.78, 5) is 13.9. The molecule has 1 aromatic rings. The Bertz CT molecular complexity index is 452. The first-order valence-electron chi connectivity index (χ1n) is 7.21. The quantitative estimate of drug-likeness (QED) is 0.759. The van der Waals surface area contributed by atoms with Crippen molar-refractivity contribution < 1.29 is 9.18 Å². The summed E-state index contributed by atoms with van der Waals surface area (Å²) in [6, 6.07) is 5.38. The Hall–Kier alpha value is -1.38. The van der Waals surface area contributed by atoms with Crippen LogP contribution < -0.4 is 4.90 Å². The van der Waals surface area contributed by atoms with Crippen molar-refractivity contribution in [1.29, 1.82) is 0 Å². The van der Waals surface area contributed by atoms with Gasteiger partial charge < -0.3 is 4.90 Å². The summed E-state index contributed by atoms with van der Waals surface area (Å²) in [6.07, 6.45) is 6.03. The van der Waals surface area contributed by atoms with Crippen LogP contribution in [0.25, 0.3) is 0 Å². The number of Topliss-reactive ketones (excluding diaryl/α,β-unsaturated/α-hetero) is 1. The molecule has 0 aromatic heterocycles. The summed E-state index contributed by atoms with van der Waals surface area (Å²) in [7, 11) is 0. The smallest absolute Gasteiger partial charge is 0.164 e. The number of halogens is 1. The monoisotopic (exact) mass is 263 g/mol. The van der Waals surface area contributed by atoms with Crippen molar-refractivity contribution in [2.24, 2.45) is 0 Å². The Morgan fingerprint density at radius 2 is 2.00 bits per heavy atom. The van der Waals surface area contributed by atoms with Crippen molar-refractivity contribution >= 4 is 11.5 Å². The van der Waals surface area contributed by atoms with Crippen molar-refractivity contribution in [2.75, 3.05) is 11.4 Å². The molecule has 0 atom stereocenters. The van der Waals surface area contributed by atoms with E-state index in [0.717, 1.165) is 25.1 Å². The molecule has 1 aromatic carbocycles. The number of benzene rings is 1. The Kier molecular flexibility index (Phi) is 4.56. The summed E-state index contributed by atoms with van der Waals surface area (Å²) in [6.45, 7) is 4.33. The number of nitrogens with zero attached hydrogens (tertiary/aromatic N) is 1. The number of carbonyl (C=O) groups excluding carboxylic acids is 1. The van der Waals surface area contributed by atoms with Gasteiger partial charge in [0.05, 0.1) is 11.3 Å². The molecule has 0 unspecified atom stereocenters. The summed E-state index contributed by atoms with van der Waals surface area (Å²) in [5, 5.41) is 0. The van der Waals surface area contributed by atoms with Crippen molar-refractivity contribution in [3.05, 3.63) is 29.6 Å². The lowest BCUT2D eigenvalue weighted by molar-refractivity contribution is 0.101. The standard InChI is InChI=1S/C16H22FNO/c1-3-18(13-8-5-4-6-9-13)15-11-7-10-14(17)16(15)12(2)19/h7,10-11,13H,3-6,8-9H2,1-2H3. The van der Waals surface area contributed by atoms with E-state index in [0.29, 0.717) is 6.04 Å². The number of hydrogen-bond donors (Lipinski definition) is 0. The highest BCUT2D eigenvalue weighted by atomic mass is 19.1. The fourth-order valence-corrected chi connectivity index (χ4v) is 3.12. The lowest BCUT2D eigenvalue weighted by Gasteiger charge is -2.36. The molecule has 3 heteroatoms. The molecule has 0 N–H and O–H groups in total. The molecular weight excluding hydrogens is 241 g/mol. The second kappa shape index (κ2) is 6.18. The highest BCUT2D eigenvalue weighted by Gasteiger charge is 2.24. The average Bonchev–Trinajstić information content (AvgIpc) is 2.40. The second-order valence-corrected chi connectivity index (χ2v) is 5.27. The number of carbonyl (C=O) groups is 1. The van der Waals surface area contributed by atoms with E-state index in [1.54, 1.807) is 6.07 Å². The van der Waals surface area contributed by atoms with Crippen molar-refractivity contribution in [3.8, 4) is 0 Å². The van der Waals surface area contributed by atoms with Crippen LogP contribution in [0.2, 0.25) is 0 Å². The predicted molar refractivity (Wildman–Crippen MR) is 76.3 cm³/mol. The molecule has 1 aliphatic rings. The van der Waals surface area contributed by atoms with Gasteiger partial charge in [0, 0.05) is 12.6 Å². The van der Waals surface area contributed by atoms with Gasteiger partial charge in [-0.1, -0.05) is 25.3 Å². The molecule has 0 saturated heterocycles. The van der Waals surface area contributed by atoms with Gasteiger partial charge in [-0.3, -0.25) is 4.79 Å². The third kappa shape index (κ3) is 2.96. The van der Waals surface area contributed by atoms with Gasteiger partial charge in [-0.05, 0) is 38.8 Å². The van der Waals surface area contributed by atoms with Crippen LogP contribution in [-0.2, 0) is 0 Å². The van der Waals surface area contributed by atoms with Crippen LogP contribution >= 0.6 is 0 Å². The van der Waals surface area contributed by atoms with E-state index in [1.807, 2.05) is 6.07 Å². The largest absolute Gasteiger partial charge is 0.368 e. The zero-order chi connectivity index (χ0) is 13.8. The van der Waals surface area contributed by atoms with Gasteiger partial charge in [-0.2, -0.15) is 0 Å². The zero-order valence-electron chi connectivity index (χ0n) is 11.8. The summed E-state index contributed by atoms with van der Waals surface area (Å²) in [5.74, 6) is -0.596. The first-order valence-corrected chi connectivity index (χ1v) is 7.21. The van der Waals surface area contributed by atoms with Crippen molar-refractivity contribution in [2.45, 2.75) is 52.0 Å². The zero-order valence-corrected chi connectivity index (χ0v) is 11.8. The highest BCUT2D eigenvalue weighted by molar-refractivity contribution is 6.00. The van der Waals surface area contributed by atoms with Gasteiger partial charge in [0.2, 0.25) is 0 Å². The Morgan fingerprint density at radius 3 is 2.58 bits per heavy atom. The third-order valence-corrected chi connectivity index (χ3v) is 4.01. The maximum Gasteiger partial charge on any atom is 0.164 e. The van der Waals surface area contributed by atoms with Gasteiger partial charge in [0.15, 0.2) is 5.78 Å². The van der Waals surface area contributed by atoms with E-state index in [9.17, 15) is 9.18 Å². The average molecular weight is 263 g/mol. The molecule has 19 heavy (non-hydrogen) atoms. The molecule has 0 spiro atoms. The summed E-state index contributed by atoms with van der Waals surface area (Å²) < 4.78 is 13.9. The molecule has 0 aliphatic heterocycles. The maximum absolute atomic E-state index is 13.9. The number of ketones is 1. The van der Waals surface area contributed by atoms with E-state index in [4.69, 9.17) is 0 Å². The SMILES string of the molecule is CCN(c1cccc(F)c1C(C)=O)C1CCCCC1. The number of hydrogen-bond acceptors (Lipinski definition) is 2. The first-order chi connectivity index (χ1) is 9.15. The van der Waals surface area contributed by atoms with Gasteiger partial charge in [-0.25, -0.2) is 4.39 Å². The number of rotatable bonds is 4. The normalized spacial score (nSPS) is 16.4. The fraction of sp³-hybridized carbons (Fsp3) is 0.562. The van der Waals surface area contributed by atoms with Gasteiger partial charge in [0.25, 0.3) is 0 Å². The Balaban J connectivity index is 2.37. The van der Waals surface area contributed by atoms with Crippen LogP contribution in [0.3, 0.4) is 0 Å². The van der Waals surface area contributed by atoms with Crippen LogP contribution in [0, 0.1) is 5.82 Å². The van der Waals surface area contributed by atoms with E-state index < -0.39 is 5.82 Å². The van der Waals surface area contributed by atoms with Gasteiger partial charge in [0.1, 0.15) is 5.82 Å². The topological polar surface area (TPSA) is 20.3 Å². The van der Waals surface area contributed by atoms with Crippen molar-refractivity contribution in [3.63, 3.8) is 0 Å². The van der Waals surface area contributed by atoms with E-state index in [-0.39, 0.29) is 11.3 Å². The van der Waals surface area contributed by atoms with E-state index in [1.165, 1.54) is 32.3 Å². The Morgan fingerprint density at radius 1 is 1.32 bits per heavy atom. The van der Waals surface area contributed by atoms with Crippen LogP contribution in [0.5, 0.6) is 0 Å². The van der Waals surface area contributed by atoms with Crippen molar-refractivity contribution in [1.82, 2.24) is 0 Å². The first kappa shape index (κ1) is 14.0. The molecule has 1 fully saturated rings. The summed E-state index contributed by atoms with van der Waals surface area (Å²) >= 11 is 0. The molecule has 0 bridgehead atoms. The minimum Gasteiger partial charge on any atom is -0.368 e. The molecular formula is C16H22FNO. The molecule has 1 saturated carbocycles. The molecule has 0 amide bonds. The maximum atomic E-state index is 13.9. The molecule has 1 aliphatic carbocycles. The predicted octanol–water partition coefficient (Wildman–Crippen LogP) is 4.19. The Labute approximate surface area is 114 Å². The highest BCUT2D eigenvalue weighted by Crippen LogP contribution is 2.30. The van der Waals surface area contributed by atoms with Crippen LogP contribution in [0.15, 0.2) is 18.2 Å². The summed E-state index contributed by atoms with van der Waals surface area (Å²) in [5.41, 5.74) is 1.01. The van der Waals surface area contributed by atoms with Gasteiger partial charge >= 0.3 is 0 Å². The molecule has 0 radical (unpaired) electrons. The van der Waals surface area contributed by atoms with E-state index >= 15 is 0 Å². The second-order valence-electron chi connectivity index (χ2n) is 5.27. The van der Waals surface area contributed by atoms with Crippen LogP contribution in [0.4, 0.5) is 10.1 Å². The molecule has 104 valence electrons. The van der Waals surface area contributed by atoms with Crippen LogP contribution in [0.1, 0.15) is 56.3 Å². The number of anilines is 1. The van der Waals surface area contributed by atoms with Gasteiger partial charge in [-0.15, -0.1) is 0 Å².